The second-order valence-corrected chi connectivity index (χ2v) is 12.8. The molecule has 2 saturated heterocycles. The Balaban J connectivity index is 1.53. The molecule has 2 saturated carbocycles. The number of hydrogen-bond acceptors (Lipinski definition) is 8. The molecule has 43 heavy (non-hydrogen) atoms. The van der Waals surface area contributed by atoms with E-state index in [1.54, 1.807) is 13.8 Å². The Kier molecular flexibility index (Phi) is 9.91. The van der Waals surface area contributed by atoms with Gasteiger partial charge in [-0.25, -0.2) is 0 Å². The largest absolute Gasteiger partial charge is 0.394 e. The lowest BCUT2D eigenvalue weighted by atomic mass is 9.92. The van der Waals surface area contributed by atoms with Crippen LogP contribution in [0.1, 0.15) is 78.6 Å². The molecule has 4 aliphatic rings. The standard InChI is InChI=1S/C30H44N6O7/c1-16(2)22(35-26(40)20(31)14-17(3)37)29(43)36-13-11-30(9-10-30)24(36)28(42)34-21(15-18-8-12-32-25(18)39)23(38)27(41)33-19-6-4-5-7-19/h14,16,18-19,21-22,24H,4-13,15,31H2,1-3H3,(H,32,39)(H,33,41)(H,34,42)(H,35,40)/b20-14-/t18-,21-,22?,24+/m0/s1. The number of carbonyl (C=O) groups is 7. The maximum atomic E-state index is 14.0. The number of allylic oxidation sites excluding steroid dienone is 1. The second-order valence-electron chi connectivity index (χ2n) is 12.8. The quantitative estimate of drug-likeness (QED) is 0.147. The molecule has 4 fully saturated rings. The van der Waals surface area contributed by atoms with Crippen molar-refractivity contribution < 1.29 is 33.6 Å². The van der Waals surface area contributed by atoms with E-state index >= 15 is 0 Å². The minimum atomic E-state index is -1.23. The van der Waals surface area contributed by atoms with Gasteiger partial charge in [0.25, 0.3) is 11.8 Å². The number of hydrogen-bond donors (Lipinski definition) is 5. The highest BCUT2D eigenvalue weighted by atomic mass is 16.2. The molecule has 2 aliphatic carbocycles. The summed E-state index contributed by atoms with van der Waals surface area (Å²) in [5.41, 5.74) is 4.95. The third-order valence-corrected chi connectivity index (χ3v) is 9.24. The van der Waals surface area contributed by atoms with E-state index in [2.05, 4.69) is 21.3 Å². The number of ketones is 2. The zero-order valence-corrected chi connectivity index (χ0v) is 25.2. The maximum absolute atomic E-state index is 14.0. The van der Waals surface area contributed by atoms with Crippen molar-refractivity contribution in [1.82, 2.24) is 26.2 Å². The molecule has 0 aromatic rings. The molecule has 1 spiro atoms. The number of nitrogens with two attached hydrogens (primary N) is 1. The molecule has 13 heteroatoms. The van der Waals surface area contributed by atoms with Crippen LogP contribution in [0.15, 0.2) is 11.8 Å². The fraction of sp³-hybridized carbons (Fsp3) is 0.700. The lowest BCUT2D eigenvalue weighted by molar-refractivity contribution is -0.145. The normalized spacial score (nSPS) is 24.4. The van der Waals surface area contributed by atoms with Gasteiger partial charge in [0.05, 0.1) is 6.04 Å². The number of Topliss-reactive ketones (excluding diaryl/α,β-unsaturated/α-hetero) is 1. The van der Waals surface area contributed by atoms with Crippen molar-refractivity contribution in [2.75, 3.05) is 13.1 Å². The predicted molar refractivity (Wildman–Crippen MR) is 155 cm³/mol. The molecule has 4 atom stereocenters. The van der Waals surface area contributed by atoms with Crippen LogP contribution in [0.2, 0.25) is 0 Å². The van der Waals surface area contributed by atoms with Crippen LogP contribution in [0, 0.1) is 17.3 Å². The first-order chi connectivity index (χ1) is 20.3. The van der Waals surface area contributed by atoms with Crippen LogP contribution in [0.3, 0.4) is 0 Å². The average Bonchev–Trinajstić information content (AvgIpc) is 3.23. The molecule has 0 aromatic heterocycles. The summed E-state index contributed by atoms with van der Waals surface area (Å²) in [4.78, 5) is 92.0. The summed E-state index contributed by atoms with van der Waals surface area (Å²) in [5, 5.41) is 10.9. The summed E-state index contributed by atoms with van der Waals surface area (Å²) in [6.45, 7) is 5.48. The molecule has 1 unspecified atom stereocenters. The van der Waals surface area contributed by atoms with Gasteiger partial charge in [0.15, 0.2) is 5.78 Å². The van der Waals surface area contributed by atoms with E-state index in [9.17, 15) is 33.6 Å². The van der Waals surface area contributed by atoms with Gasteiger partial charge >= 0.3 is 0 Å². The highest BCUT2D eigenvalue weighted by Gasteiger charge is 2.60. The van der Waals surface area contributed by atoms with E-state index in [1.807, 2.05) is 0 Å². The summed E-state index contributed by atoms with van der Waals surface area (Å²) >= 11 is 0. The first-order valence-electron chi connectivity index (χ1n) is 15.3. The Morgan fingerprint density at radius 2 is 1.70 bits per heavy atom. The summed E-state index contributed by atoms with van der Waals surface area (Å²) in [6, 6.07) is -3.25. The van der Waals surface area contributed by atoms with Crippen LogP contribution in [0.4, 0.5) is 0 Å². The fourth-order valence-electron chi connectivity index (χ4n) is 6.60. The summed E-state index contributed by atoms with van der Waals surface area (Å²) in [6.07, 6.45) is 6.95. The third kappa shape index (κ3) is 7.42. The van der Waals surface area contributed by atoms with Gasteiger partial charge in [-0.3, -0.25) is 33.6 Å². The predicted octanol–water partition coefficient (Wildman–Crippen LogP) is -0.421. The van der Waals surface area contributed by atoms with Crippen LogP contribution in [0.5, 0.6) is 0 Å². The zero-order valence-electron chi connectivity index (χ0n) is 25.2. The first-order valence-corrected chi connectivity index (χ1v) is 15.3. The van der Waals surface area contributed by atoms with Gasteiger partial charge in [-0.2, -0.15) is 0 Å². The Labute approximate surface area is 251 Å². The number of amides is 5. The van der Waals surface area contributed by atoms with E-state index in [0.717, 1.165) is 31.8 Å². The maximum Gasteiger partial charge on any atom is 0.289 e. The molecule has 0 aromatic carbocycles. The Bertz CT molecular complexity index is 1200. The number of likely N-dealkylation sites (tertiary alicyclic amines) is 1. The van der Waals surface area contributed by atoms with Crippen molar-refractivity contribution in [1.29, 1.82) is 0 Å². The molecule has 2 heterocycles. The molecule has 0 bridgehead atoms. The van der Waals surface area contributed by atoms with Crippen LogP contribution in [-0.4, -0.2) is 83.3 Å². The van der Waals surface area contributed by atoms with Crippen LogP contribution >= 0.6 is 0 Å². The van der Waals surface area contributed by atoms with Crippen molar-refractivity contribution in [2.45, 2.75) is 103 Å². The minimum Gasteiger partial charge on any atom is -0.394 e. The van der Waals surface area contributed by atoms with Crippen LogP contribution in [-0.2, 0) is 33.6 Å². The third-order valence-electron chi connectivity index (χ3n) is 9.24. The number of rotatable bonds is 12. The van der Waals surface area contributed by atoms with Crippen molar-refractivity contribution in [3.8, 4) is 0 Å². The van der Waals surface area contributed by atoms with Crippen molar-refractivity contribution >= 4 is 41.1 Å². The number of nitrogens with zero attached hydrogens (tertiary/aromatic N) is 1. The van der Waals surface area contributed by atoms with Gasteiger partial charge < -0.3 is 31.9 Å². The van der Waals surface area contributed by atoms with Crippen LogP contribution in [0.25, 0.3) is 0 Å². The van der Waals surface area contributed by atoms with E-state index < -0.39 is 64.7 Å². The van der Waals surface area contributed by atoms with Gasteiger partial charge in [-0.1, -0.05) is 26.7 Å². The smallest absolute Gasteiger partial charge is 0.289 e. The lowest BCUT2D eigenvalue weighted by Gasteiger charge is -2.33. The van der Waals surface area contributed by atoms with Crippen molar-refractivity contribution in [3.05, 3.63) is 11.8 Å². The van der Waals surface area contributed by atoms with Gasteiger partial charge in [0, 0.05) is 36.5 Å². The average molecular weight is 601 g/mol. The Morgan fingerprint density at radius 3 is 2.26 bits per heavy atom. The molecule has 6 N–H and O–H groups in total. The SMILES string of the molecule is CC(=O)/C=C(\N)C(=O)NC(C(=O)N1CCC2(CC2)[C@H]1C(=O)N[C@@H](C[C@@H]1CCNC1=O)C(=O)C(=O)NC1CCCC1)C(C)C. The van der Waals surface area contributed by atoms with E-state index in [1.165, 1.54) is 11.8 Å². The second kappa shape index (κ2) is 13.3. The molecule has 5 amide bonds. The van der Waals surface area contributed by atoms with Crippen molar-refractivity contribution in [2.24, 2.45) is 23.0 Å². The van der Waals surface area contributed by atoms with Gasteiger partial charge in [0.1, 0.15) is 17.8 Å². The fourth-order valence-corrected chi connectivity index (χ4v) is 6.60. The first kappa shape index (κ1) is 32.2. The highest BCUT2D eigenvalue weighted by molar-refractivity contribution is 6.38. The topological polar surface area (TPSA) is 197 Å². The van der Waals surface area contributed by atoms with Gasteiger partial charge in [0.2, 0.25) is 23.5 Å². The molecular formula is C30H44N6O7. The Hall–Kier alpha value is -3.77. The molecule has 13 nitrogen and oxygen atoms in total. The molecular weight excluding hydrogens is 556 g/mol. The van der Waals surface area contributed by atoms with Gasteiger partial charge in [-0.05, 0) is 57.8 Å². The summed E-state index contributed by atoms with van der Waals surface area (Å²) in [5.74, 6) is -4.92. The minimum absolute atomic E-state index is 0.0192. The zero-order chi connectivity index (χ0) is 31.5. The lowest BCUT2D eigenvalue weighted by Crippen LogP contribution is -2.59. The molecule has 236 valence electrons. The van der Waals surface area contributed by atoms with E-state index in [4.69, 9.17) is 5.73 Å². The number of carbonyl (C=O) groups excluding carboxylic acids is 7. The summed E-state index contributed by atoms with van der Waals surface area (Å²) < 4.78 is 0. The molecule has 0 radical (unpaired) electrons. The molecule has 4 rings (SSSR count). The van der Waals surface area contributed by atoms with E-state index in [0.29, 0.717) is 32.2 Å². The van der Waals surface area contributed by atoms with Crippen LogP contribution < -0.4 is 27.0 Å². The Morgan fingerprint density at radius 1 is 1.02 bits per heavy atom. The molecule has 2 aliphatic heterocycles. The highest BCUT2D eigenvalue weighted by Crippen LogP contribution is 2.57. The number of nitrogens with one attached hydrogen (secondary N) is 4. The van der Waals surface area contributed by atoms with E-state index in [-0.39, 0.29) is 36.5 Å². The summed E-state index contributed by atoms with van der Waals surface area (Å²) in [7, 11) is 0. The monoisotopic (exact) mass is 600 g/mol. The van der Waals surface area contributed by atoms with Crippen molar-refractivity contribution in [3.63, 3.8) is 0 Å². The van der Waals surface area contributed by atoms with Gasteiger partial charge in [-0.15, -0.1) is 0 Å².